The summed E-state index contributed by atoms with van der Waals surface area (Å²) >= 11 is 1.59. The lowest BCUT2D eigenvalue weighted by molar-refractivity contribution is 0.102. The van der Waals surface area contributed by atoms with E-state index < -0.39 is 0 Å². The highest BCUT2D eigenvalue weighted by Crippen LogP contribution is 2.25. The second-order valence-electron chi connectivity index (χ2n) is 6.17. The zero-order valence-electron chi connectivity index (χ0n) is 15.3. The minimum absolute atomic E-state index is 0.167. The van der Waals surface area contributed by atoms with Gasteiger partial charge < -0.3 is 14.5 Å². The number of anilines is 1. The normalized spacial score (nSPS) is 10.8. The van der Waals surface area contributed by atoms with Gasteiger partial charge >= 0.3 is 0 Å². The van der Waals surface area contributed by atoms with Gasteiger partial charge in [-0.25, -0.2) is 4.98 Å². The summed E-state index contributed by atoms with van der Waals surface area (Å²) < 4.78 is 7.80. The predicted molar refractivity (Wildman–Crippen MR) is 112 cm³/mol. The molecule has 2 heterocycles. The number of carbonyl (C=O) groups excluding carboxylic acids is 1. The Balaban J connectivity index is 1.45. The van der Waals surface area contributed by atoms with Crippen molar-refractivity contribution in [1.29, 1.82) is 0 Å². The van der Waals surface area contributed by atoms with Crippen LogP contribution in [0.3, 0.4) is 0 Å². The molecule has 0 unspecified atom stereocenters. The zero-order chi connectivity index (χ0) is 19.3. The number of nitrogens with one attached hydrogen (secondary N) is 1. The van der Waals surface area contributed by atoms with Gasteiger partial charge in [-0.3, -0.25) is 4.79 Å². The Morgan fingerprint density at radius 2 is 1.96 bits per heavy atom. The molecule has 1 N–H and O–H groups in total. The molecule has 0 radical (unpaired) electrons. The highest BCUT2D eigenvalue weighted by Gasteiger charge is 2.10. The first-order chi connectivity index (χ1) is 13.7. The molecular formula is C22H19N3O2S. The van der Waals surface area contributed by atoms with Gasteiger partial charge in [-0.2, -0.15) is 0 Å². The molecule has 0 aliphatic heterocycles. The number of para-hydroxylation sites is 1. The molecule has 5 nitrogen and oxygen atoms in total. The van der Waals surface area contributed by atoms with Crippen LogP contribution in [0.2, 0.25) is 0 Å². The number of rotatable bonds is 6. The van der Waals surface area contributed by atoms with E-state index >= 15 is 0 Å². The summed E-state index contributed by atoms with van der Waals surface area (Å²) in [6.45, 7) is 0.335. The first-order valence-electron chi connectivity index (χ1n) is 8.83. The van der Waals surface area contributed by atoms with Crippen LogP contribution >= 0.6 is 11.8 Å². The molecule has 0 aliphatic carbocycles. The molecule has 2 aromatic heterocycles. The van der Waals surface area contributed by atoms with Crippen LogP contribution in [0, 0.1) is 0 Å². The van der Waals surface area contributed by atoms with Gasteiger partial charge in [0.15, 0.2) is 0 Å². The largest absolute Gasteiger partial charge is 0.487 e. The van der Waals surface area contributed by atoms with Gasteiger partial charge in [0.25, 0.3) is 5.91 Å². The number of imidazole rings is 1. The van der Waals surface area contributed by atoms with E-state index in [4.69, 9.17) is 4.74 Å². The van der Waals surface area contributed by atoms with E-state index in [1.165, 1.54) is 0 Å². The summed E-state index contributed by atoms with van der Waals surface area (Å²) in [5, 5.41) is 2.97. The molecule has 0 spiro atoms. The molecule has 0 fully saturated rings. The van der Waals surface area contributed by atoms with Crippen molar-refractivity contribution in [1.82, 2.24) is 9.38 Å². The summed E-state index contributed by atoms with van der Waals surface area (Å²) in [6, 6.07) is 20.8. The van der Waals surface area contributed by atoms with Crippen molar-refractivity contribution in [3.05, 3.63) is 90.4 Å². The van der Waals surface area contributed by atoms with Crippen molar-refractivity contribution in [2.75, 3.05) is 11.6 Å². The number of pyridine rings is 1. The standard InChI is InChI=1S/C22H19N3O2S/c1-28-20-10-3-2-9-19(20)24-22(26)16-7-6-8-18(13-16)27-15-17-14-25-12-5-4-11-21(25)23-17/h2-14H,15H2,1H3,(H,24,26). The maximum atomic E-state index is 12.6. The molecular weight excluding hydrogens is 370 g/mol. The number of ether oxygens (including phenoxy) is 1. The lowest BCUT2D eigenvalue weighted by Crippen LogP contribution is -2.12. The van der Waals surface area contributed by atoms with Gasteiger partial charge in [-0.15, -0.1) is 11.8 Å². The van der Waals surface area contributed by atoms with E-state index in [0.717, 1.165) is 21.9 Å². The number of aromatic nitrogens is 2. The number of hydrogen-bond acceptors (Lipinski definition) is 4. The lowest BCUT2D eigenvalue weighted by Gasteiger charge is -2.10. The first-order valence-corrected chi connectivity index (χ1v) is 10.1. The minimum Gasteiger partial charge on any atom is -0.487 e. The fourth-order valence-corrected chi connectivity index (χ4v) is 3.44. The van der Waals surface area contributed by atoms with E-state index in [1.54, 1.807) is 23.9 Å². The van der Waals surface area contributed by atoms with E-state index in [2.05, 4.69) is 10.3 Å². The average molecular weight is 389 g/mol. The number of carbonyl (C=O) groups is 1. The number of fused-ring (bicyclic) bond motifs is 1. The van der Waals surface area contributed by atoms with Crippen LogP contribution in [-0.2, 0) is 6.61 Å². The highest BCUT2D eigenvalue weighted by atomic mass is 32.2. The summed E-state index contributed by atoms with van der Waals surface area (Å²) in [4.78, 5) is 18.2. The molecule has 4 rings (SSSR count). The fraction of sp³-hybridized carbons (Fsp3) is 0.0909. The molecule has 2 aromatic carbocycles. The Morgan fingerprint density at radius 3 is 2.82 bits per heavy atom. The molecule has 28 heavy (non-hydrogen) atoms. The Morgan fingerprint density at radius 1 is 1.11 bits per heavy atom. The Kier molecular flexibility index (Phi) is 5.30. The second kappa shape index (κ2) is 8.19. The molecule has 0 bridgehead atoms. The van der Waals surface area contributed by atoms with Crippen molar-refractivity contribution < 1.29 is 9.53 Å². The predicted octanol–water partition coefficient (Wildman–Crippen LogP) is 4.89. The number of hydrogen-bond donors (Lipinski definition) is 1. The van der Waals surface area contributed by atoms with Crippen LogP contribution < -0.4 is 10.1 Å². The van der Waals surface area contributed by atoms with E-state index in [9.17, 15) is 4.79 Å². The molecule has 140 valence electrons. The van der Waals surface area contributed by atoms with Gasteiger partial charge in [0, 0.05) is 22.9 Å². The van der Waals surface area contributed by atoms with E-state index in [1.807, 2.05) is 77.6 Å². The first kappa shape index (κ1) is 18.1. The average Bonchev–Trinajstić information content (AvgIpc) is 3.16. The van der Waals surface area contributed by atoms with Gasteiger partial charge in [0.1, 0.15) is 18.0 Å². The van der Waals surface area contributed by atoms with Gasteiger partial charge in [-0.1, -0.05) is 24.3 Å². The third kappa shape index (κ3) is 4.02. The van der Waals surface area contributed by atoms with Crippen LogP contribution in [0.25, 0.3) is 5.65 Å². The van der Waals surface area contributed by atoms with E-state index in [0.29, 0.717) is 17.9 Å². The third-order valence-corrected chi connectivity index (χ3v) is 5.05. The van der Waals surface area contributed by atoms with Crippen molar-refractivity contribution in [2.24, 2.45) is 0 Å². The van der Waals surface area contributed by atoms with Crippen molar-refractivity contribution in [3.63, 3.8) is 0 Å². The maximum Gasteiger partial charge on any atom is 0.255 e. The van der Waals surface area contributed by atoms with Gasteiger partial charge in [0.05, 0.1) is 11.4 Å². The number of thioether (sulfide) groups is 1. The second-order valence-corrected chi connectivity index (χ2v) is 7.02. The highest BCUT2D eigenvalue weighted by molar-refractivity contribution is 7.98. The van der Waals surface area contributed by atoms with Crippen LogP contribution in [0.15, 0.2) is 84.0 Å². The van der Waals surface area contributed by atoms with Gasteiger partial charge in [-0.05, 0) is 48.7 Å². The summed E-state index contributed by atoms with van der Waals surface area (Å²) in [6.07, 6.45) is 5.87. The molecule has 0 aliphatic rings. The summed E-state index contributed by atoms with van der Waals surface area (Å²) in [5.74, 6) is 0.461. The molecule has 0 saturated carbocycles. The van der Waals surface area contributed by atoms with E-state index in [-0.39, 0.29) is 5.91 Å². The maximum absolute atomic E-state index is 12.6. The van der Waals surface area contributed by atoms with Crippen molar-refractivity contribution in [3.8, 4) is 5.75 Å². The quantitative estimate of drug-likeness (QED) is 0.477. The Labute approximate surface area is 167 Å². The summed E-state index contributed by atoms with van der Waals surface area (Å²) in [7, 11) is 0. The number of benzene rings is 2. The molecule has 0 atom stereocenters. The van der Waals surface area contributed by atoms with Crippen LogP contribution in [0.1, 0.15) is 16.1 Å². The topological polar surface area (TPSA) is 55.6 Å². The zero-order valence-corrected chi connectivity index (χ0v) is 16.1. The Bertz CT molecular complexity index is 1090. The smallest absolute Gasteiger partial charge is 0.255 e. The SMILES string of the molecule is CSc1ccccc1NC(=O)c1cccc(OCc2cn3ccccc3n2)c1. The fourth-order valence-electron chi connectivity index (χ4n) is 2.88. The van der Waals surface area contributed by atoms with Crippen LogP contribution in [0.5, 0.6) is 5.75 Å². The number of amides is 1. The lowest BCUT2D eigenvalue weighted by atomic mass is 10.2. The van der Waals surface area contributed by atoms with Crippen LogP contribution in [-0.4, -0.2) is 21.5 Å². The number of nitrogens with zero attached hydrogens (tertiary/aromatic N) is 2. The Hall–Kier alpha value is -3.25. The van der Waals surface area contributed by atoms with Crippen molar-refractivity contribution >= 4 is 29.0 Å². The summed E-state index contributed by atoms with van der Waals surface area (Å²) in [5.41, 5.74) is 3.05. The molecule has 1 amide bonds. The monoisotopic (exact) mass is 389 g/mol. The third-order valence-electron chi connectivity index (χ3n) is 4.25. The minimum atomic E-state index is -0.167. The molecule has 6 heteroatoms. The van der Waals surface area contributed by atoms with Gasteiger partial charge in [0.2, 0.25) is 0 Å². The molecule has 4 aromatic rings. The van der Waals surface area contributed by atoms with Crippen LogP contribution in [0.4, 0.5) is 5.69 Å². The van der Waals surface area contributed by atoms with Crippen molar-refractivity contribution in [2.45, 2.75) is 11.5 Å². The molecule has 0 saturated heterocycles.